The lowest BCUT2D eigenvalue weighted by Gasteiger charge is -2.20. The number of aryl methyl sites for hydroxylation is 1. The minimum Gasteiger partial charge on any atom is -0.479 e. The van der Waals surface area contributed by atoms with Crippen LogP contribution in [0.4, 0.5) is 5.82 Å². The van der Waals surface area contributed by atoms with Crippen LogP contribution in [0.5, 0.6) is 5.75 Å². The summed E-state index contributed by atoms with van der Waals surface area (Å²) in [6.07, 6.45) is -0.851. The van der Waals surface area contributed by atoms with Crippen LogP contribution in [0.1, 0.15) is 31.1 Å². The number of hydrogen-bond donors (Lipinski definition) is 1. The molecule has 1 N–H and O–H groups in total. The van der Waals surface area contributed by atoms with Crippen LogP contribution in [0.25, 0.3) is 11.0 Å². The van der Waals surface area contributed by atoms with Crippen LogP contribution >= 0.6 is 0 Å². The normalized spacial score (nSPS) is 18.8. The van der Waals surface area contributed by atoms with E-state index in [1.54, 1.807) is 25.1 Å². The lowest BCUT2D eigenvalue weighted by Crippen LogP contribution is -2.37. The number of amides is 1. The van der Waals surface area contributed by atoms with Gasteiger partial charge in [-0.2, -0.15) is 0 Å². The summed E-state index contributed by atoms with van der Waals surface area (Å²) in [6, 6.07) is 8.76. The predicted molar refractivity (Wildman–Crippen MR) is 94.3 cm³/mol. The summed E-state index contributed by atoms with van der Waals surface area (Å²) in [5.74, 6) is 0.520. The Bertz CT molecular complexity index is 1050. The molecule has 4 rings (SSSR count). The van der Waals surface area contributed by atoms with Gasteiger partial charge >= 0.3 is 5.63 Å². The smallest absolute Gasteiger partial charge is 0.343 e. The quantitative estimate of drug-likeness (QED) is 0.726. The number of para-hydroxylation sites is 1. The maximum Gasteiger partial charge on any atom is 0.343 e. The highest BCUT2D eigenvalue weighted by Gasteiger charge is 2.44. The molecule has 2 atom stereocenters. The Balaban J connectivity index is 1.77. The molecule has 1 aromatic carbocycles. The Morgan fingerprint density at radius 1 is 1.27 bits per heavy atom. The third-order valence-corrected chi connectivity index (χ3v) is 4.56. The third-order valence-electron chi connectivity index (χ3n) is 4.56. The van der Waals surface area contributed by atoms with E-state index in [4.69, 9.17) is 13.7 Å². The third kappa shape index (κ3) is 2.56. The second-order valence-corrected chi connectivity index (χ2v) is 6.75. The molecule has 134 valence electrons. The molecule has 0 saturated carbocycles. The van der Waals surface area contributed by atoms with Gasteiger partial charge in [0, 0.05) is 12.0 Å². The van der Waals surface area contributed by atoms with Crippen LogP contribution in [0.15, 0.2) is 44.1 Å². The average molecular weight is 354 g/mol. The van der Waals surface area contributed by atoms with E-state index < -0.39 is 17.6 Å². The first-order chi connectivity index (χ1) is 12.5. The second kappa shape index (κ2) is 6.01. The van der Waals surface area contributed by atoms with Crippen molar-refractivity contribution in [3.8, 4) is 5.75 Å². The lowest BCUT2D eigenvalue weighted by molar-refractivity contribution is -0.123. The van der Waals surface area contributed by atoms with E-state index in [9.17, 15) is 9.59 Å². The number of fused-ring (bicyclic) bond motifs is 3. The number of anilines is 1. The molecule has 0 fully saturated rings. The van der Waals surface area contributed by atoms with Gasteiger partial charge in [0.05, 0.1) is 10.9 Å². The molecule has 3 heterocycles. The predicted octanol–water partition coefficient (Wildman–Crippen LogP) is 3.23. The molecule has 0 spiro atoms. The first-order valence-corrected chi connectivity index (χ1v) is 8.42. The van der Waals surface area contributed by atoms with Gasteiger partial charge in [0.2, 0.25) is 0 Å². The van der Waals surface area contributed by atoms with Crippen LogP contribution in [-0.4, -0.2) is 17.2 Å². The Labute approximate surface area is 148 Å². The molecular formula is C19H18N2O5. The molecule has 1 aliphatic heterocycles. The van der Waals surface area contributed by atoms with Crippen molar-refractivity contribution >= 4 is 22.7 Å². The molecule has 0 saturated heterocycles. The maximum absolute atomic E-state index is 12.8. The summed E-state index contributed by atoms with van der Waals surface area (Å²) in [4.78, 5) is 25.4. The summed E-state index contributed by atoms with van der Waals surface area (Å²) >= 11 is 0. The van der Waals surface area contributed by atoms with E-state index in [-0.39, 0.29) is 11.8 Å². The fourth-order valence-electron chi connectivity index (χ4n) is 3.42. The summed E-state index contributed by atoms with van der Waals surface area (Å²) in [7, 11) is 0. The van der Waals surface area contributed by atoms with E-state index >= 15 is 0 Å². The first-order valence-electron chi connectivity index (χ1n) is 8.42. The topological polar surface area (TPSA) is 94.6 Å². The number of nitrogens with zero attached hydrogens (tertiary/aromatic N) is 1. The van der Waals surface area contributed by atoms with Gasteiger partial charge in [-0.05, 0) is 25.0 Å². The molecule has 0 unspecified atom stereocenters. The summed E-state index contributed by atoms with van der Waals surface area (Å²) in [5.41, 5.74) is 0.382. The molecule has 1 aliphatic rings. The van der Waals surface area contributed by atoms with Crippen LogP contribution in [0.3, 0.4) is 0 Å². The Morgan fingerprint density at radius 2 is 2.04 bits per heavy atom. The highest BCUT2D eigenvalue weighted by Crippen LogP contribution is 2.44. The molecule has 3 aromatic rings. The van der Waals surface area contributed by atoms with Crippen molar-refractivity contribution in [3.63, 3.8) is 0 Å². The Morgan fingerprint density at radius 3 is 2.73 bits per heavy atom. The second-order valence-electron chi connectivity index (χ2n) is 6.75. The van der Waals surface area contributed by atoms with E-state index in [1.165, 1.54) is 0 Å². The molecule has 0 aliphatic carbocycles. The Kier molecular flexibility index (Phi) is 3.79. The average Bonchev–Trinajstić information content (AvgIpc) is 3.19. The van der Waals surface area contributed by atoms with Gasteiger partial charge in [-0.15, -0.1) is 0 Å². The highest BCUT2D eigenvalue weighted by atomic mass is 16.5. The van der Waals surface area contributed by atoms with E-state index in [2.05, 4.69) is 10.5 Å². The molecule has 7 nitrogen and oxygen atoms in total. The van der Waals surface area contributed by atoms with Gasteiger partial charge in [-0.1, -0.05) is 31.1 Å². The molecule has 0 radical (unpaired) electrons. The largest absolute Gasteiger partial charge is 0.479 e. The van der Waals surface area contributed by atoms with Crippen LogP contribution in [-0.2, 0) is 4.79 Å². The SMILES string of the molecule is Cc1cc(NC(=O)[C@H]2Oc3c(c(=O)oc4ccccc34)[C@@H]2C(C)C)no1. The molecule has 1 amide bonds. The van der Waals surface area contributed by atoms with Gasteiger partial charge in [-0.25, -0.2) is 4.79 Å². The minimum absolute atomic E-state index is 0.00453. The monoisotopic (exact) mass is 354 g/mol. The standard InChI is InChI=1S/C19H18N2O5/c1-9(2)14-15-16(11-6-4-5-7-12(11)24-19(15)23)25-17(14)18(22)20-13-8-10(3)26-21-13/h4-9,14,17H,1-3H3,(H,20,21,22)/t14-,17-/m0/s1. The summed E-state index contributed by atoms with van der Waals surface area (Å²) in [5, 5.41) is 7.14. The van der Waals surface area contributed by atoms with Crippen molar-refractivity contribution in [2.45, 2.75) is 32.8 Å². The van der Waals surface area contributed by atoms with Crippen molar-refractivity contribution in [2.75, 3.05) is 5.32 Å². The van der Waals surface area contributed by atoms with Gasteiger partial charge < -0.3 is 19.0 Å². The Hall–Kier alpha value is -3.09. The number of ether oxygens (including phenoxy) is 1. The number of carbonyl (C=O) groups is 1. The van der Waals surface area contributed by atoms with Gasteiger partial charge in [0.25, 0.3) is 5.91 Å². The van der Waals surface area contributed by atoms with E-state index in [0.717, 1.165) is 0 Å². The van der Waals surface area contributed by atoms with Crippen LogP contribution in [0, 0.1) is 12.8 Å². The van der Waals surface area contributed by atoms with Crippen LogP contribution < -0.4 is 15.7 Å². The summed E-state index contributed by atoms with van der Waals surface area (Å²) in [6.45, 7) is 5.62. The van der Waals surface area contributed by atoms with Crippen molar-refractivity contribution in [2.24, 2.45) is 5.92 Å². The molecular weight excluding hydrogens is 336 g/mol. The maximum atomic E-state index is 12.8. The minimum atomic E-state index is -0.851. The number of aromatic nitrogens is 1. The van der Waals surface area contributed by atoms with Crippen LogP contribution in [0.2, 0.25) is 0 Å². The zero-order valence-electron chi connectivity index (χ0n) is 14.6. The molecule has 0 bridgehead atoms. The van der Waals surface area contributed by atoms with Crippen molar-refractivity contribution in [3.05, 3.63) is 52.1 Å². The highest BCUT2D eigenvalue weighted by molar-refractivity contribution is 5.96. The zero-order valence-corrected chi connectivity index (χ0v) is 14.6. The van der Waals surface area contributed by atoms with E-state index in [0.29, 0.717) is 33.9 Å². The van der Waals surface area contributed by atoms with Crippen molar-refractivity contribution < 1.29 is 18.5 Å². The number of hydrogen-bond acceptors (Lipinski definition) is 6. The van der Waals surface area contributed by atoms with Gasteiger partial charge in [0.1, 0.15) is 17.1 Å². The number of nitrogens with one attached hydrogen (secondary N) is 1. The van der Waals surface area contributed by atoms with Gasteiger partial charge in [-0.3, -0.25) is 4.79 Å². The number of carbonyl (C=O) groups excluding carboxylic acids is 1. The summed E-state index contributed by atoms with van der Waals surface area (Å²) < 4.78 is 16.4. The van der Waals surface area contributed by atoms with Crippen molar-refractivity contribution in [1.29, 1.82) is 0 Å². The first kappa shape index (κ1) is 16.4. The fourth-order valence-corrected chi connectivity index (χ4v) is 3.42. The number of benzene rings is 1. The van der Waals surface area contributed by atoms with E-state index in [1.807, 2.05) is 26.0 Å². The van der Waals surface area contributed by atoms with Crippen molar-refractivity contribution in [1.82, 2.24) is 5.16 Å². The molecule has 26 heavy (non-hydrogen) atoms. The number of rotatable bonds is 3. The lowest BCUT2D eigenvalue weighted by atomic mass is 9.85. The fraction of sp³-hybridized carbons (Fsp3) is 0.316. The molecule has 2 aromatic heterocycles. The van der Waals surface area contributed by atoms with Gasteiger partial charge in [0.15, 0.2) is 11.9 Å². The molecule has 7 heteroatoms. The zero-order chi connectivity index (χ0) is 18.4.